The summed E-state index contributed by atoms with van der Waals surface area (Å²) in [6.45, 7) is 8.16. The fourth-order valence-electron chi connectivity index (χ4n) is 1.31. The van der Waals surface area contributed by atoms with E-state index in [1.807, 2.05) is 21.0 Å². The maximum absolute atomic E-state index is 11.6. The topological polar surface area (TPSA) is 101 Å². The summed E-state index contributed by atoms with van der Waals surface area (Å²) in [5.41, 5.74) is 0.148. The van der Waals surface area contributed by atoms with Crippen molar-refractivity contribution in [2.75, 3.05) is 27.2 Å². The Kier molecular flexibility index (Phi) is 7.60. The van der Waals surface area contributed by atoms with Crippen LogP contribution >= 0.6 is 0 Å². The molecule has 108 valence electrons. The molecule has 7 heteroatoms. The predicted octanol–water partition coefficient (Wildman–Crippen LogP) is 0.698. The number of ketones is 1. The molecular formula is C11H23NO5S. The zero-order valence-corrected chi connectivity index (χ0v) is 12.2. The van der Waals surface area contributed by atoms with Gasteiger partial charge in [-0.1, -0.05) is 6.58 Å². The van der Waals surface area contributed by atoms with E-state index in [-0.39, 0.29) is 17.5 Å². The van der Waals surface area contributed by atoms with E-state index in [2.05, 4.69) is 6.58 Å². The van der Waals surface area contributed by atoms with Gasteiger partial charge in [-0.25, -0.2) is 0 Å². The molecule has 0 fully saturated rings. The predicted molar refractivity (Wildman–Crippen MR) is 69.2 cm³/mol. The first-order valence-electron chi connectivity index (χ1n) is 5.49. The molecule has 6 nitrogen and oxygen atoms in total. The molecule has 2 N–H and O–H groups in total. The molecule has 0 aliphatic carbocycles. The van der Waals surface area contributed by atoms with Crippen LogP contribution in [0.2, 0.25) is 0 Å². The molecule has 0 aromatic heterocycles. The number of hydrogen-bond acceptors (Lipinski definition) is 4. The Bertz CT molecular complexity index is 400. The summed E-state index contributed by atoms with van der Waals surface area (Å²) in [4.78, 5) is 11.6. The summed E-state index contributed by atoms with van der Waals surface area (Å²) < 4.78 is 32.0. The van der Waals surface area contributed by atoms with Crippen molar-refractivity contribution >= 4 is 15.9 Å². The number of rotatable bonds is 7. The summed E-state index contributed by atoms with van der Waals surface area (Å²) in [5, 5.41) is -1.39. The van der Waals surface area contributed by atoms with Crippen molar-refractivity contribution in [2.24, 2.45) is 0 Å². The SMILES string of the molecule is C=C(C)C(=O)C(CC[N+](C)(C)CC)S(=O)(=O)O.[OH-]. The quantitative estimate of drug-likeness (QED) is 0.420. The number of hydrogen-bond donors (Lipinski definition) is 1. The van der Waals surface area contributed by atoms with Gasteiger partial charge in [-0.15, -0.1) is 0 Å². The van der Waals surface area contributed by atoms with Gasteiger partial charge in [0.25, 0.3) is 10.1 Å². The van der Waals surface area contributed by atoms with Crippen molar-refractivity contribution in [2.45, 2.75) is 25.5 Å². The molecule has 0 rings (SSSR count). The molecule has 0 saturated heterocycles. The molecule has 0 heterocycles. The first-order chi connectivity index (χ1) is 7.51. The monoisotopic (exact) mass is 281 g/mol. The molecule has 0 bridgehead atoms. The molecule has 0 aliphatic rings. The lowest BCUT2D eigenvalue weighted by molar-refractivity contribution is -0.888. The maximum Gasteiger partial charge on any atom is 0.275 e. The average molecular weight is 281 g/mol. The van der Waals surface area contributed by atoms with E-state index >= 15 is 0 Å². The largest absolute Gasteiger partial charge is 0.870 e. The van der Waals surface area contributed by atoms with E-state index in [9.17, 15) is 13.2 Å². The molecule has 1 unspecified atom stereocenters. The Labute approximate surface area is 109 Å². The van der Waals surface area contributed by atoms with Gasteiger partial charge in [-0.05, 0) is 19.4 Å². The van der Waals surface area contributed by atoms with Gasteiger partial charge in [0.15, 0.2) is 11.0 Å². The minimum atomic E-state index is -4.36. The summed E-state index contributed by atoms with van der Waals surface area (Å²) in [6, 6.07) is 0. The van der Waals surface area contributed by atoms with Gasteiger partial charge in [0, 0.05) is 6.42 Å². The molecule has 0 radical (unpaired) electrons. The summed E-state index contributed by atoms with van der Waals surface area (Å²) in [7, 11) is -0.487. The maximum atomic E-state index is 11.6. The lowest BCUT2D eigenvalue weighted by atomic mass is 10.1. The van der Waals surface area contributed by atoms with Crippen LogP contribution in [0.4, 0.5) is 0 Å². The van der Waals surface area contributed by atoms with Gasteiger partial charge in [-0.3, -0.25) is 9.35 Å². The summed E-state index contributed by atoms with van der Waals surface area (Å²) >= 11 is 0. The molecule has 1 atom stereocenters. The smallest absolute Gasteiger partial charge is 0.275 e. The highest BCUT2D eigenvalue weighted by Gasteiger charge is 2.32. The second-order valence-corrected chi connectivity index (χ2v) is 6.51. The second kappa shape index (κ2) is 6.98. The fourth-order valence-corrected chi connectivity index (χ4v) is 2.19. The van der Waals surface area contributed by atoms with Gasteiger partial charge >= 0.3 is 0 Å². The molecular weight excluding hydrogens is 258 g/mol. The van der Waals surface area contributed by atoms with Crippen LogP contribution in [0.25, 0.3) is 0 Å². The van der Waals surface area contributed by atoms with Crippen molar-refractivity contribution in [3.05, 3.63) is 12.2 Å². The van der Waals surface area contributed by atoms with Crippen LogP contribution in [-0.2, 0) is 14.9 Å². The standard InChI is InChI=1S/C11H21NO4S.H2O/c1-6-12(4,5)8-7-10(17(14,15)16)11(13)9(2)3;/h10H,2,6-8H2,1,3-5H3;1H2. The van der Waals surface area contributed by atoms with Crippen LogP contribution in [0.15, 0.2) is 12.2 Å². The molecule has 0 aliphatic heterocycles. The van der Waals surface area contributed by atoms with Crippen LogP contribution in [0.3, 0.4) is 0 Å². The van der Waals surface area contributed by atoms with E-state index in [1.54, 1.807) is 0 Å². The van der Waals surface area contributed by atoms with Crippen LogP contribution in [0, 0.1) is 0 Å². The normalized spacial score (nSPS) is 13.6. The number of allylic oxidation sites excluding steroid dienone is 1. The van der Waals surface area contributed by atoms with E-state index in [0.717, 1.165) is 6.54 Å². The Morgan fingerprint density at radius 2 is 1.83 bits per heavy atom. The van der Waals surface area contributed by atoms with Crippen molar-refractivity contribution in [1.29, 1.82) is 0 Å². The van der Waals surface area contributed by atoms with E-state index in [1.165, 1.54) is 6.92 Å². The van der Waals surface area contributed by atoms with E-state index < -0.39 is 21.2 Å². The third-order valence-corrected chi connectivity index (χ3v) is 4.09. The zero-order valence-electron chi connectivity index (χ0n) is 11.4. The Hall–Kier alpha value is -0.760. The third-order valence-electron chi connectivity index (χ3n) is 2.93. The Morgan fingerprint density at radius 1 is 1.39 bits per heavy atom. The molecule has 0 aromatic rings. The third kappa shape index (κ3) is 6.25. The average Bonchev–Trinajstić information content (AvgIpc) is 2.15. The Balaban J connectivity index is 0. The molecule has 0 aromatic carbocycles. The lowest BCUT2D eigenvalue weighted by Crippen LogP contribution is -2.43. The highest BCUT2D eigenvalue weighted by molar-refractivity contribution is 7.87. The fraction of sp³-hybridized carbons (Fsp3) is 0.727. The van der Waals surface area contributed by atoms with E-state index in [0.29, 0.717) is 11.0 Å². The number of carbonyl (C=O) groups excluding carboxylic acids is 1. The first kappa shape index (κ1) is 19.6. The minimum Gasteiger partial charge on any atom is -0.870 e. The van der Waals surface area contributed by atoms with Crippen LogP contribution in [0.5, 0.6) is 0 Å². The van der Waals surface area contributed by atoms with Gasteiger partial charge in [0.1, 0.15) is 0 Å². The van der Waals surface area contributed by atoms with Gasteiger partial charge in [-0.2, -0.15) is 8.42 Å². The highest BCUT2D eigenvalue weighted by Crippen LogP contribution is 2.13. The number of Topliss-reactive ketones (excluding diaryl/α,β-unsaturated/α-hetero) is 1. The number of quaternary nitrogens is 1. The minimum absolute atomic E-state index is 0. The van der Waals surface area contributed by atoms with Crippen LogP contribution in [-0.4, -0.2) is 61.1 Å². The first-order valence-corrected chi connectivity index (χ1v) is 6.99. The van der Waals surface area contributed by atoms with Crippen LogP contribution in [0.1, 0.15) is 20.3 Å². The molecule has 0 spiro atoms. The van der Waals surface area contributed by atoms with Crippen LogP contribution < -0.4 is 0 Å². The van der Waals surface area contributed by atoms with Crippen molar-refractivity contribution in [3.63, 3.8) is 0 Å². The highest BCUT2D eigenvalue weighted by atomic mass is 32.2. The van der Waals surface area contributed by atoms with Crippen molar-refractivity contribution in [3.8, 4) is 0 Å². The molecule has 0 saturated carbocycles. The van der Waals surface area contributed by atoms with Gasteiger partial charge in [0.2, 0.25) is 0 Å². The molecule has 0 amide bonds. The Morgan fingerprint density at radius 3 is 2.11 bits per heavy atom. The van der Waals surface area contributed by atoms with Crippen molar-refractivity contribution < 1.29 is 27.7 Å². The van der Waals surface area contributed by atoms with Gasteiger partial charge < -0.3 is 9.96 Å². The van der Waals surface area contributed by atoms with Gasteiger partial charge in [0.05, 0.1) is 27.2 Å². The number of nitrogens with zero attached hydrogens (tertiary/aromatic N) is 1. The summed E-state index contributed by atoms with van der Waals surface area (Å²) in [6.07, 6.45) is 0.103. The second-order valence-electron chi connectivity index (χ2n) is 4.91. The summed E-state index contributed by atoms with van der Waals surface area (Å²) in [5.74, 6) is -0.608. The number of carbonyl (C=O) groups is 1. The van der Waals surface area contributed by atoms with E-state index in [4.69, 9.17) is 4.55 Å². The van der Waals surface area contributed by atoms with Crippen molar-refractivity contribution in [1.82, 2.24) is 0 Å². The lowest BCUT2D eigenvalue weighted by Gasteiger charge is -2.29. The molecule has 18 heavy (non-hydrogen) atoms. The zero-order chi connectivity index (χ0) is 13.9.